The van der Waals surface area contributed by atoms with E-state index in [4.69, 9.17) is 56.7 Å². The Morgan fingerprint density at radius 1 is 0.586 bits per heavy atom. The van der Waals surface area contributed by atoms with Crippen LogP contribution in [0.15, 0.2) is 113 Å². The number of rotatable bonds is 8. The summed E-state index contributed by atoms with van der Waals surface area (Å²) in [5, 5.41) is 55.8. The number of aryl methyl sites for hydroxylation is 2. The number of primary sulfonamides is 2. The summed E-state index contributed by atoms with van der Waals surface area (Å²) in [5.74, 6) is -1.16. The number of halogens is 4. The number of benzene rings is 4. The Bertz CT molecular complexity index is 2740. The number of nitrogens with two attached hydrogens (primary N) is 2. The van der Waals surface area contributed by atoms with Gasteiger partial charge in [0.2, 0.25) is 20.0 Å². The maximum Gasteiger partial charge on any atom is 3.00 e. The molecule has 0 spiro atoms. The molecule has 298 valence electrons. The first-order valence-corrected chi connectivity index (χ1v) is 19.8. The van der Waals surface area contributed by atoms with Gasteiger partial charge in [-0.1, -0.05) is 70.0 Å². The van der Waals surface area contributed by atoms with Gasteiger partial charge < -0.3 is 10.2 Å². The first-order chi connectivity index (χ1) is 26.1. The van der Waals surface area contributed by atoms with E-state index in [1.165, 1.54) is 24.3 Å². The topological polar surface area (TPSA) is 291 Å². The van der Waals surface area contributed by atoms with Crippen molar-refractivity contribution in [2.24, 2.45) is 30.7 Å². The number of aromatic amines is 2. The molecule has 18 nitrogen and oxygen atoms in total. The summed E-state index contributed by atoms with van der Waals surface area (Å²) in [4.78, 5) is 24.7. The molecule has 6 rings (SSSR count). The van der Waals surface area contributed by atoms with Crippen LogP contribution >= 0.6 is 46.4 Å². The van der Waals surface area contributed by atoms with E-state index < -0.39 is 42.7 Å². The van der Waals surface area contributed by atoms with Gasteiger partial charge in [0.15, 0.2) is 11.4 Å². The van der Waals surface area contributed by atoms with E-state index in [1.54, 1.807) is 26.0 Å². The molecule has 4 aromatic carbocycles. The van der Waals surface area contributed by atoms with Crippen molar-refractivity contribution in [3.8, 4) is 22.9 Å². The number of H-pyrrole nitrogens is 2. The summed E-state index contributed by atoms with van der Waals surface area (Å²) in [7, 11) is -8.04. The SMILES string of the molecule is Cc1[nH]n(-c2cc(Cl)ccc2Cl)c(=O)c1N=Nc1cc(S(N)(=O)=O)ccc1[O-].Cc1[nH]n(-c2cc(Cl)ccc2Cl)c(=O)c1N=Nc1cc(S(N)(=O)=O)ccc1[O-].[Co+3].[Na+]. The van der Waals surface area contributed by atoms with Crippen LogP contribution in [-0.2, 0) is 36.8 Å². The molecule has 0 fully saturated rings. The van der Waals surface area contributed by atoms with Crippen molar-refractivity contribution in [2.45, 2.75) is 23.6 Å². The molecule has 0 aliphatic carbocycles. The number of hydrogen-bond acceptors (Lipinski definition) is 12. The molecule has 2 heterocycles. The van der Waals surface area contributed by atoms with Crippen LogP contribution in [0.1, 0.15) is 11.4 Å². The maximum atomic E-state index is 12.7. The molecule has 0 unspecified atom stereocenters. The zero-order valence-corrected chi connectivity index (χ0v) is 37.4. The van der Waals surface area contributed by atoms with Crippen LogP contribution < -0.4 is 61.2 Å². The molecule has 0 aliphatic rings. The molecular formula is C32H24Cl4CoN10NaO8S2+2. The molecule has 6 aromatic rings. The molecule has 0 bridgehead atoms. The second kappa shape index (κ2) is 19.5. The zero-order chi connectivity index (χ0) is 41.3. The number of azo groups is 2. The Kier molecular flexibility index (Phi) is 16.3. The summed E-state index contributed by atoms with van der Waals surface area (Å²) in [6.45, 7) is 3.15. The third kappa shape index (κ3) is 11.3. The van der Waals surface area contributed by atoms with E-state index >= 15 is 0 Å². The number of nitrogens with zero attached hydrogens (tertiary/aromatic N) is 6. The van der Waals surface area contributed by atoms with Crippen molar-refractivity contribution in [3.05, 3.63) is 125 Å². The van der Waals surface area contributed by atoms with Gasteiger partial charge in [-0.15, -0.1) is 10.2 Å². The number of aromatic nitrogens is 4. The molecule has 6 N–H and O–H groups in total. The molecular weight excluding hydrogens is 940 g/mol. The van der Waals surface area contributed by atoms with E-state index in [1.807, 2.05) is 0 Å². The van der Waals surface area contributed by atoms with Gasteiger partial charge >= 0.3 is 46.3 Å². The maximum absolute atomic E-state index is 12.7. The predicted molar refractivity (Wildman–Crippen MR) is 205 cm³/mol. The monoisotopic (exact) mass is 962 g/mol. The Morgan fingerprint density at radius 2 is 0.931 bits per heavy atom. The zero-order valence-electron chi connectivity index (χ0n) is 29.7. The Balaban J connectivity index is 0.000000300. The van der Waals surface area contributed by atoms with Crippen LogP contribution in [0.2, 0.25) is 20.1 Å². The Morgan fingerprint density at radius 3 is 1.26 bits per heavy atom. The molecule has 0 saturated heterocycles. The summed E-state index contributed by atoms with van der Waals surface area (Å²) < 4.78 is 48.0. The molecule has 0 aliphatic heterocycles. The van der Waals surface area contributed by atoms with Crippen LogP contribution in [0.25, 0.3) is 11.4 Å². The molecule has 0 amide bonds. The van der Waals surface area contributed by atoms with E-state index in [9.17, 15) is 36.6 Å². The van der Waals surface area contributed by atoms with Gasteiger partial charge in [-0.3, -0.25) is 19.8 Å². The van der Waals surface area contributed by atoms with E-state index in [0.717, 1.165) is 45.8 Å². The fraction of sp³-hybridized carbons (Fsp3) is 0.0625. The number of sulfonamides is 2. The van der Waals surface area contributed by atoms with Crippen molar-refractivity contribution in [2.75, 3.05) is 0 Å². The van der Waals surface area contributed by atoms with Crippen LogP contribution in [0, 0.1) is 13.8 Å². The second-order valence-corrected chi connectivity index (χ2v) is 16.2. The smallest absolute Gasteiger partial charge is 0.871 e. The first kappa shape index (κ1) is 48.6. The molecule has 26 heteroatoms. The molecule has 0 radical (unpaired) electrons. The average Bonchev–Trinajstić information content (AvgIpc) is 3.56. The molecule has 58 heavy (non-hydrogen) atoms. The van der Waals surface area contributed by atoms with E-state index in [2.05, 4.69) is 30.7 Å². The molecule has 0 saturated carbocycles. The van der Waals surface area contributed by atoms with Gasteiger partial charge in [0.1, 0.15) is 0 Å². The predicted octanol–water partition coefficient (Wildman–Crippen LogP) is 2.84. The van der Waals surface area contributed by atoms with Gasteiger partial charge in [-0.2, -0.15) is 10.2 Å². The summed E-state index contributed by atoms with van der Waals surface area (Å²) in [6.07, 6.45) is 0. The van der Waals surface area contributed by atoms with Crippen LogP contribution in [-0.4, -0.2) is 36.4 Å². The summed E-state index contributed by atoms with van der Waals surface area (Å²) in [5.41, 5.74) is -0.583. The second-order valence-electron chi connectivity index (χ2n) is 11.4. The van der Waals surface area contributed by atoms with Crippen LogP contribution in [0.3, 0.4) is 0 Å². The average molecular weight is 964 g/mol. The van der Waals surface area contributed by atoms with Crippen molar-refractivity contribution in [1.29, 1.82) is 0 Å². The number of nitrogens with one attached hydrogen (secondary N) is 2. The van der Waals surface area contributed by atoms with Crippen molar-refractivity contribution < 1.29 is 73.4 Å². The standard InChI is InChI=1S/2C16H13Cl2N5O4S.Co.Na/c2*1-8-15(16(25)23(22-8)13-6-9(17)2-4-11(13)18)21-20-12-7-10(28(19,26)27)3-5-14(12)24;;/h2*2-7,22,24H,1H3,(H2,19,26,27);;/q;;+3;+1/p-2. The minimum Gasteiger partial charge on any atom is -0.871 e. The number of hydrogen-bond donors (Lipinski definition) is 4. The quantitative estimate of drug-likeness (QED) is 0.130. The third-order valence-corrected chi connectivity index (χ3v) is 10.3. The fourth-order valence-electron chi connectivity index (χ4n) is 4.68. The van der Waals surface area contributed by atoms with Crippen molar-refractivity contribution in [1.82, 2.24) is 19.6 Å². The van der Waals surface area contributed by atoms with Gasteiger partial charge in [0, 0.05) is 10.0 Å². The molecule has 0 atom stereocenters. The largest absolute Gasteiger partial charge is 3.00 e. The fourth-order valence-corrected chi connectivity index (χ4v) is 6.48. The van der Waals surface area contributed by atoms with Gasteiger partial charge in [0.25, 0.3) is 11.1 Å². The minimum absolute atomic E-state index is 0. The third-order valence-electron chi connectivity index (χ3n) is 7.41. The van der Waals surface area contributed by atoms with E-state index in [-0.39, 0.29) is 88.9 Å². The Labute approximate surface area is 381 Å². The Hall–Kier alpha value is -3.81. The van der Waals surface area contributed by atoms with Crippen LogP contribution in [0.5, 0.6) is 11.5 Å². The summed E-state index contributed by atoms with van der Waals surface area (Å²) >= 11 is 24.1. The van der Waals surface area contributed by atoms with Gasteiger partial charge in [0.05, 0.1) is 54.0 Å². The van der Waals surface area contributed by atoms with E-state index in [0.29, 0.717) is 32.8 Å². The van der Waals surface area contributed by atoms with Gasteiger partial charge in [-0.05, 0) is 74.5 Å². The van der Waals surface area contributed by atoms with Crippen molar-refractivity contribution in [3.63, 3.8) is 0 Å². The normalized spacial score (nSPS) is 11.6. The van der Waals surface area contributed by atoms with Crippen LogP contribution in [0.4, 0.5) is 22.7 Å². The first-order valence-electron chi connectivity index (χ1n) is 15.2. The minimum atomic E-state index is -4.02. The van der Waals surface area contributed by atoms with Crippen molar-refractivity contribution >= 4 is 89.2 Å². The molecule has 2 aromatic heterocycles. The summed E-state index contributed by atoms with van der Waals surface area (Å²) in [6, 6.07) is 15.3. The van der Waals surface area contributed by atoms with Gasteiger partial charge in [-0.25, -0.2) is 36.5 Å².